The number of nitriles is 1. The number of nitrogens with one attached hydrogen (secondary N) is 1. The maximum absolute atomic E-state index is 16.2. The van der Waals surface area contributed by atoms with E-state index < -0.39 is 29.1 Å². The average Bonchev–Trinajstić information content (AvgIpc) is 3.48. The van der Waals surface area contributed by atoms with Crippen LogP contribution in [0.2, 0.25) is 0 Å². The van der Waals surface area contributed by atoms with Gasteiger partial charge in [-0.1, -0.05) is 13.8 Å². The molecule has 10 heteroatoms. The number of benzene rings is 2. The summed E-state index contributed by atoms with van der Waals surface area (Å²) in [4.78, 5) is 11.5. The van der Waals surface area contributed by atoms with Crippen molar-refractivity contribution >= 4 is 27.8 Å². The molecule has 0 aliphatic carbocycles. The zero-order valence-corrected chi connectivity index (χ0v) is 20.6. The molecule has 1 aliphatic heterocycles. The molecule has 37 heavy (non-hydrogen) atoms. The molecule has 4 aromatic rings. The van der Waals surface area contributed by atoms with Crippen LogP contribution in [0.15, 0.2) is 30.5 Å². The molecule has 8 nitrogen and oxygen atoms in total. The Labute approximate surface area is 211 Å². The molecule has 0 spiro atoms. The molecule has 2 aromatic carbocycles. The van der Waals surface area contributed by atoms with Crippen molar-refractivity contribution in [2.75, 3.05) is 13.7 Å². The van der Waals surface area contributed by atoms with Crippen LogP contribution in [0.5, 0.6) is 5.75 Å². The van der Waals surface area contributed by atoms with Crippen molar-refractivity contribution < 1.29 is 28.2 Å². The Kier molecular flexibility index (Phi) is 6.12. The fourth-order valence-electron chi connectivity index (χ4n) is 5.41. The van der Waals surface area contributed by atoms with Crippen LogP contribution in [0.1, 0.15) is 50.3 Å². The van der Waals surface area contributed by atoms with Gasteiger partial charge in [0.25, 0.3) is 0 Å². The van der Waals surface area contributed by atoms with Crippen molar-refractivity contribution in [1.82, 2.24) is 14.8 Å². The van der Waals surface area contributed by atoms with E-state index in [-0.39, 0.29) is 36.6 Å². The van der Waals surface area contributed by atoms with Gasteiger partial charge in [0.05, 0.1) is 31.5 Å². The summed E-state index contributed by atoms with van der Waals surface area (Å²) >= 11 is 0. The molecule has 0 bridgehead atoms. The second-order valence-electron chi connectivity index (χ2n) is 9.99. The lowest BCUT2D eigenvalue weighted by Crippen LogP contribution is -2.32. The largest absolute Gasteiger partial charge is 0.494 e. The van der Waals surface area contributed by atoms with Crippen molar-refractivity contribution in [3.8, 4) is 17.5 Å². The highest BCUT2D eigenvalue weighted by molar-refractivity contribution is 6.00. The van der Waals surface area contributed by atoms with E-state index in [2.05, 4.69) is 16.3 Å². The lowest BCUT2D eigenvalue weighted by atomic mass is 9.78. The van der Waals surface area contributed by atoms with Crippen LogP contribution in [0, 0.1) is 23.0 Å². The molecule has 5 rings (SSSR count). The van der Waals surface area contributed by atoms with Crippen LogP contribution in [0.4, 0.5) is 8.78 Å². The summed E-state index contributed by atoms with van der Waals surface area (Å²) < 4.78 is 43.4. The Balaban J connectivity index is 1.88. The number of H-pyrrole nitrogens is 1. The summed E-state index contributed by atoms with van der Waals surface area (Å²) in [5, 5.41) is 26.7. The van der Waals surface area contributed by atoms with E-state index in [4.69, 9.17) is 9.47 Å². The van der Waals surface area contributed by atoms with E-state index in [1.165, 1.54) is 19.4 Å². The molecular formula is C27H26F2N4O4. The molecule has 3 heterocycles. The summed E-state index contributed by atoms with van der Waals surface area (Å²) in [5.74, 6) is -2.37. The first kappa shape index (κ1) is 24.7. The third-order valence-electron chi connectivity index (χ3n) is 7.16. The first-order valence-corrected chi connectivity index (χ1v) is 11.9. The monoisotopic (exact) mass is 508 g/mol. The molecule has 0 radical (unpaired) electrons. The molecule has 1 saturated heterocycles. The summed E-state index contributed by atoms with van der Waals surface area (Å²) in [6, 6.07) is 8.46. The number of fused-ring (bicyclic) bond motifs is 2. The van der Waals surface area contributed by atoms with Gasteiger partial charge in [-0.15, -0.1) is 0 Å². The molecule has 1 aliphatic rings. The molecule has 2 N–H and O–H groups in total. The van der Waals surface area contributed by atoms with Gasteiger partial charge in [0, 0.05) is 46.0 Å². The van der Waals surface area contributed by atoms with Gasteiger partial charge in [0.15, 0.2) is 23.5 Å². The number of aromatic nitrogens is 3. The van der Waals surface area contributed by atoms with Gasteiger partial charge in [-0.25, -0.2) is 13.6 Å². The summed E-state index contributed by atoms with van der Waals surface area (Å²) in [7, 11) is 1.37. The lowest BCUT2D eigenvalue weighted by molar-refractivity contribution is -0.153. The van der Waals surface area contributed by atoms with Gasteiger partial charge in [0.1, 0.15) is 5.52 Å². The first-order chi connectivity index (χ1) is 17.7. The van der Waals surface area contributed by atoms with Crippen molar-refractivity contribution in [3.05, 3.63) is 53.4 Å². The molecule has 1 fully saturated rings. The zero-order valence-electron chi connectivity index (χ0n) is 20.6. The van der Waals surface area contributed by atoms with Gasteiger partial charge < -0.3 is 19.1 Å². The third-order valence-corrected chi connectivity index (χ3v) is 7.16. The molecule has 192 valence electrons. The summed E-state index contributed by atoms with van der Waals surface area (Å²) in [5.41, 5.74) is 1.88. The quantitative estimate of drug-likeness (QED) is 0.364. The molecule has 2 aromatic heterocycles. The van der Waals surface area contributed by atoms with Gasteiger partial charge in [0.2, 0.25) is 0 Å². The molecule has 0 saturated carbocycles. The third kappa shape index (κ3) is 4.00. The standard InChI is InChI=1S/C27H26F2N4O4/c1-27(2,8-9-30)25-21(14-4-7-19(26(34)35)37-13-14)22-18(10-15-12-31-32-24(15)23(22)29)33(25)16-5-6-17(28)20(11-16)36-3/h5-6,10-12,14,19H,4,7-8,13H2,1-3H3,(H,31,32)(H,34,35)/t14-,19+/m0/s1. The fourth-order valence-corrected chi connectivity index (χ4v) is 5.41. The molecular weight excluding hydrogens is 482 g/mol. The lowest BCUT2D eigenvalue weighted by Gasteiger charge is -2.32. The van der Waals surface area contributed by atoms with Crippen LogP contribution in [0.3, 0.4) is 0 Å². The topological polar surface area (TPSA) is 113 Å². The van der Waals surface area contributed by atoms with E-state index in [1.54, 1.807) is 12.1 Å². The Bertz CT molecular complexity index is 1560. The van der Waals surface area contributed by atoms with Gasteiger partial charge in [-0.2, -0.15) is 10.4 Å². The summed E-state index contributed by atoms with van der Waals surface area (Å²) in [6.45, 7) is 3.89. The maximum Gasteiger partial charge on any atom is 0.332 e. The number of aliphatic carboxylic acids is 1. The minimum atomic E-state index is -1.03. The smallest absolute Gasteiger partial charge is 0.332 e. The second kappa shape index (κ2) is 9.16. The highest BCUT2D eigenvalue weighted by Crippen LogP contribution is 2.46. The first-order valence-electron chi connectivity index (χ1n) is 11.9. The van der Waals surface area contributed by atoms with E-state index in [0.717, 1.165) is 0 Å². The molecule has 0 unspecified atom stereocenters. The normalized spacial score (nSPS) is 18.3. The number of carbonyl (C=O) groups is 1. The van der Waals surface area contributed by atoms with E-state index in [1.807, 2.05) is 24.5 Å². The number of halogens is 2. The number of rotatable bonds is 6. The van der Waals surface area contributed by atoms with Gasteiger partial charge >= 0.3 is 5.97 Å². The predicted molar refractivity (Wildman–Crippen MR) is 132 cm³/mol. The number of carboxylic acid groups (broad SMARTS) is 1. The highest BCUT2D eigenvalue weighted by atomic mass is 19.1. The van der Waals surface area contributed by atoms with Crippen molar-refractivity contribution in [1.29, 1.82) is 5.26 Å². The van der Waals surface area contributed by atoms with Crippen molar-refractivity contribution in [3.63, 3.8) is 0 Å². The minimum Gasteiger partial charge on any atom is -0.494 e. The van der Waals surface area contributed by atoms with Crippen LogP contribution < -0.4 is 4.74 Å². The number of carboxylic acids is 1. The number of hydrogen-bond acceptors (Lipinski definition) is 5. The minimum absolute atomic E-state index is 0.0279. The Morgan fingerprint density at radius 1 is 1.35 bits per heavy atom. The van der Waals surface area contributed by atoms with E-state index in [0.29, 0.717) is 39.7 Å². The maximum atomic E-state index is 16.2. The zero-order chi connectivity index (χ0) is 26.5. The SMILES string of the molecule is COc1cc(-n2c(C(C)(C)CC#N)c([C@H]3CC[C@H](C(=O)O)OC3)c3c(F)c4[nH]ncc4cc32)ccc1F. The Morgan fingerprint density at radius 2 is 2.14 bits per heavy atom. The van der Waals surface area contributed by atoms with Crippen LogP contribution in [-0.2, 0) is 14.9 Å². The molecule has 0 amide bonds. The van der Waals surface area contributed by atoms with Crippen molar-refractivity contribution in [2.24, 2.45) is 0 Å². The number of hydrogen-bond donors (Lipinski definition) is 2. The van der Waals surface area contributed by atoms with E-state index >= 15 is 4.39 Å². The number of methoxy groups -OCH3 is 1. The van der Waals surface area contributed by atoms with Crippen LogP contribution in [0.25, 0.3) is 27.5 Å². The number of aromatic amines is 1. The Morgan fingerprint density at radius 3 is 2.78 bits per heavy atom. The van der Waals surface area contributed by atoms with Gasteiger partial charge in [-0.05, 0) is 36.6 Å². The van der Waals surface area contributed by atoms with Crippen molar-refractivity contribution in [2.45, 2.75) is 50.5 Å². The predicted octanol–water partition coefficient (Wildman–Crippen LogP) is 5.33. The summed E-state index contributed by atoms with van der Waals surface area (Å²) in [6.07, 6.45) is 1.45. The number of ether oxygens (including phenoxy) is 2. The van der Waals surface area contributed by atoms with E-state index in [9.17, 15) is 19.6 Å². The van der Waals surface area contributed by atoms with Gasteiger partial charge in [-0.3, -0.25) is 5.10 Å². The average molecular weight is 509 g/mol. The fraction of sp³-hybridized carbons (Fsp3) is 0.370. The Hall–Kier alpha value is -3.97. The number of nitrogens with zero attached hydrogens (tertiary/aromatic N) is 3. The van der Waals surface area contributed by atoms with Crippen LogP contribution in [-0.4, -0.2) is 45.7 Å². The molecule has 2 atom stereocenters. The highest BCUT2D eigenvalue weighted by Gasteiger charge is 2.38. The van der Waals surface area contributed by atoms with Crippen LogP contribution >= 0.6 is 0 Å². The second-order valence-corrected chi connectivity index (χ2v) is 9.99.